The second-order valence-corrected chi connectivity index (χ2v) is 8.28. The van der Waals surface area contributed by atoms with E-state index in [0.717, 1.165) is 48.2 Å². The number of aromatic amines is 1. The summed E-state index contributed by atoms with van der Waals surface area (Å²) in [6, 6.07) is 7.88. The number of hydrogen-bond acceptors (Lipinski definition) is 4. The van der Waals surface area contributed by atoms with E-state index in [-0.39, 0.29) is 17.2 Å². The molecule has 2 N–H and O–H groups in total. The highest BCUT2D eigenvalue weighted by Gasteiger charge is 2.44. The fourth-order valence-electron chi connectivity index (χ4n) is 4.70. The maximum atomic E-state index is 12.6. The number of methoxy groups -OCH3 is 1. The van der Waals surface area contributed by atoms with Crippen LogP contribution in [0, 0.1) is 5.41 Å². The molecule has 0 radical (unpaired) electrons. The zero-order chi connectivity index (χ0) is 21.0. The number of benzene rings is 1. The van der Waals surface area contributed by atoms with Crippen molar-refractivity contribution in [1.29, 1.82) is 0 Å². The van der Waals surface area contributed by atoms with Gasteiger partial charge in [-0.05, 0) is 37.8 Å². The minimum Gasteiger partial charge on any atom is -0.383 e. The van der Waals surface area contributed by atoms with Gasteiger partial charge in [-0.25, -0.2) is 4.98 Å². The van der Waals surface area contributed by atoms with Crippen LogP contribution in [0.15, 0.2) is 36.0 Å². The fourth-order valence-corrected chi connectivity index (χ4v) is 4.70. The predicted octanol–water partition coefficient (Wildman–Crippen LogP) is 2.93. The van der Waals surface area contributed by atoms with Gasteiger partial charge < -0.3 is 19.9 Å². The quantitative estimate of drug-likeness (QED) is 0.700. The van der Waals surface area contributed by atoms with Crippen LogP contribution in [0.4, 0.5) is 0 Å². The summed E-state index contributed by atoms with van der Waals surface area (Å²) in [5.74, 6) is 1.01. The van der Waals surface area contributed by atoms with E-state index in [2.05, 4.69) is 21.4 Å². The summed E-state index contributed by atoms with van der Waals surface area (Å²) < 4.78 is 5.20. The molecule has 7 nitrogen and oxygen atoms in total. The maximum Gasteiger partial charge on any atom is 0.226 e. The number of fused-ring (bicyclic) bond motifs is 2. The summed E-state index contributed by atoms with van der Waals surface area (Å²) in [5.41, 5.74) is 2.85. The van der Waals surface area contributed by atoms with Crippen LogP contribution in [0.5, 0.6) is 0 Å². The number of carbonyl (C=O) groups is 2. The van der Waals surface area contributed by atoms with E-state index in [4.69, 9.17) is 4.74 Å². The number of aryl methyl sites for hydroxylation is 1. The van der Waals surface area contributed by atoms with E-state index < -0.39 is 0 Å². The number of nitrogens with zero attached hydrogens (tertiary/aromatic N) is 2. The highest BCUT2D eigenvalue weighted by atomic mass is 16.5. The Morgan fingerprint density at radius 1 is 1.33 bits per heavy atom. The first kappa shape index (κ1) is 20.6. The lowest BCUT2D eigenvalue weighted by Crippen LogP contribution is -2.51. The van der Waals surface area contributed by atoms with Crippen molar-refractivity contribution in [3.63, 3.8) is 0 Å². The van der Waals surface area contributed by atoms with Crippen molar-refractivity contribution in [3.05, 3.63) is 41.9 Å². The van der Waals surface area contributed by atoms with Crippen LogP contribution >= 0.6 is 0 Å². The average Bonchev–Trinajstić information content (AvgIpc) is 3.19. The topological polar surface area (TPSA) is 87.3 Å². The number of hydrogen-bond donors (Lipinski definition) is 2. The zero-order valence-electron chi connectivity index (χ0n) is 17.6. The number of nitrogens with one attached hydrogen (secondary N) is 2. The Morgan fingerprint density at radius 3 is 3.03 bits per heavy atom. The monoisotopic (exact) mass is 410 g/mol. The van der Waals surface area contributed by atoms with Crippen LogP contribution in [-0.2, 0) is 20.7 Å². The molecule has 2 amide bonds. The molecule has 1 fully saturated rings. The van der Waals surface area contributed by atoms with Crippen LogP contribution in [0.1, 0.15) is 44.3 Å². The van der Waals surface area contributed by atoms with Gasteiger partial charge in [-0.1, -0.05) is 18.2 Å². The van der Waals surface area contributed by atoms with Crippen molar-refractivity contribution in [3.8, 4) is 0 Å². The van der Waals surface area contributed by atoms with Gasteiger partial charge in [-0.15, -0.1) is 0 Å². The second kappa shape index (κ2) is 9.00. The largest absolute Gasteiger partial charge is 0.383 e. The summed E-state index contributed by atoms with van der Waals surface area (Å²) in [7, 11) is 1.65. The van der Waals surface area contributed by atoms with Gasteiger partial charge in [0.25, 0.3) is 0 Å². The first-order valence-electron chi connectivity index (χ1n) is 10.8. The number of rotatable bonds is 8. The lowest BCUT2D eigenvalue weighted by molar-refractivity contribution is -0.134. The summed E-state index contributed by atoms with van der Waals surface area (Å²) in [6.07, 6.45) is 7.55. The van der Waals surface area contributed by atoms with Gasteiger partial charge in [0.2, 0.25) is 11.8 Å². The molecule has 1 aromatic carbocycles. The second-order valence-electron chi connectivity index (χ2n) is 8.28. The summed E-state index contributed by atoms with van der Waals surface area (Å²) in [5, 5.41) is 3.15. The van der Waals surface area contributed by atoms with Crippen molar-refractivity contribution >= 4 is 22.8 Å². The number of ether oxygens (including phenoxy) is 1. The van der Waals surface area contributed by atoms with Crippen LogP contribution in [-0.4, -0.2) is 53.5 Å². The SMILES string of the molecule is COCCN1C(=O)CCC2(CNC(=O)CCc3nc4ccccc4[nH]3)CCCC=C12. The summed E-state index contributed by atoms with van der Waals surface area (Å²) in [6.45, 7) is 1.67. The first-order chi connectivity index (χ1) is 14.6. The minimum atomic E-state index is -0.144. The van der Waals surface area contributed by atoms with Gasteiger partial charge in [0, 0.05) is 50.6 Å². The molecule has 0 bridgehead atoms. The molecule has 4 rings (SSSR count). The Kier molecular flexibility index (Phi) is 6.18. The molecule has 0 spiro atoms. The van der Waals surface area contributed by atoms with E-state index in [1.807, 2.05) is 29.2 Å². The summed E-state index contributed by atoms with van der Waals surface area (Å²) >= 11 is 0. The van der Waals surface area contributed by atoms with E-state index in [0.29, 0.717) is 39.0 Å². The number of piperidine rings is 1. The Bertz CT molecular complexity index is 918. The molecule has 2 aromatic rings. The van der Waals surface area contributed by atoms with Crippen LogP contribution in [0.25, 0.3) is 11.0 Å². The van der Waals surface area contributed by atoms with Gasteiger partial charge in [-0.3, -0.25) is 9.59 Å². The molecule has 0 saturated carbocycles. The number of allylic oxidation sites excluding steroid dienone is 1. The number of amides is 2. The van der Waals surface area contributed by atoms with Crippen molar-refractivity contribution in [2.45, 2.75) is 44.9 Å². The van der Waals surface area contributed by atoms with Crippen LogP contribution < -0.4 is 5.32 Å². The highest BCUT2D eigenvalue weighted by molar-refractivity contribution is 5.80. The minimum absolute atomic E-state index is 0.0232. The molecule has 1 aromatic heterocycles. The number of H-pyrrole nitrogens is 1. The van der Waals surface area contributed by atoms with Gasteiger partial charge in [0.15, 0.2) is 0 Å². The Balaban J connectivity index is 1.37. The van der Waals surface area contributed by atoms with Crippen LogP contribution in [0.3, 0.4) is 0 Å². The van der Waals surface area contributed by atoms with Gasteiger partial charge in [0.1, 0.15) is 5.82 Å². The maximum absolute atomic E-state index is 12.6. The van der Waals surface area contributed by atoms with Crippen molar-refractivity contribution in [2.24, 2.45) is 5.41 Å². The first-order valence-corrected chi connectivity index (χ1v) is 10.8. The number of likely N-dealkylation sites (tertiary alicyclic amines) is 1. The lowest BCUT2D eigenvalue weighted by atomic mass is 9.69. The molecule has 2 heterocycles. The predicted molar refractivity (Wildman–Crippen MR) is 115 cm³/mol. The molecular weight excluding hydrogens is 380 g/mol. The fraction of sp³-hybridized carbons (Fsp3) is 0.522. The number of aromatic nitrogens is 2. The molecule has 1 aliphatic heterocycles. The smallest absolute Gasteiger partial charge is 0.226 e. The third-order valence-corrected chi connectivity index (χ3v) is 6.32. The van der Waals surface area contributed by atoms with Crippen molar-refractivity contribution in [2.75, 3.05) is 26.8 Å². The average molecular weight is 411 g/mol. The highest BCUT2D eigenvalue weighted by Crippen LogP contribution is 2.46. The van der Waals surface area contributed by atoms with Crippen molar-refractivity contribution in [1.82, 2.24) is 20.2 Å². The molecule has 7 heteroatoms. The summed E-state index contributed by atoms with van der Waals surface area (Å²) in [4.78, 5) is 34.8. The van der Waals surface area contributed by atoms with Gasteiger partial charge in [-0.2, -0.15) is 0 Å². The van der Waals surface area contributed by atoms with Crippen LogP contribution in [0.2, 0.25) is 0 Å². The lowest BCUT2D eigenvalue weighted by Gasteiger charge is -2.47. The number of para-hydroxylation sites is 2. The molecule has 160 valence electrons. The molecule has 1 saturated heterocycles. The van der Waals surface area contributed by atoms with Gasteiger partial charge in [0.05, 0.1) is 17.6 Å². The molecular formula is C23H30N4O3. The molecule has 1 atom stereocenters. The zero-order valence-corrected chi connectivity index (χ0v) is 17.6. The Morgan fingerprint density at radius 2 is 2.20 bits per heavy atom. The van der Waals surface area contributed by atoms with Gasteiger partial charge >= 0.3 is 0 Å². The normalized spacial score (nSPS) is 21.4. The molecule has 30 heavy (non-hydrogen) atoms. The standard InChI is InChI=1S/C23H30N4O3/c1-30-15-14-27-19-8-4-5-12-23(19,13-11-22(27)29)16-24-21(28)10-9-20-25-17-6-2-3-7-18(17)26-20/h2-3,6-8H,4-5,9-16H2,1H3,(H,24,28)(H,25,26). The van der Waals surface area contributed by atoms with E-state index in [9.17, 15) is 9.59 Å². The van der Waals surface area contributed by atoms with E-state index >= 15 is 0 Å². The molecule has 2 aliphatic rings. The number of imidazole rings is 1. The third-order valence-electron chi connectivity index (χ3n) is 6.32. The molecule has 1 unspecified atom stereocenters. The third kappa shape index (κ3) is 4.26. The Labute approximate surface area is 176 Å². The van der Waals surface area contributed by atoms with E-state index in [1.54, 1.807) is 7.11 Å². The Hall–Kier alpha value is -2.67. The molecule has 1 aliphatic carbocycles. The van der Waals surface area contributed by atoms with E-state index in [1.165, 1.54) is 0 Å². The number of carbonyl (C=O) groups excluding carboxylic acids is 2. The van der Waals surface area contributed by atoms with Crippen molar-refractivity contribution < 1.29 is 14.3 Å².